The van der Waals surface area contributed by atoms with E-state index in [0.29, 0.717) is 0 Å². The first-order chi connectivity index (χ1) is 6.75. The van der Waals surface area contributed by atoms with Crippen LogP contribution in [0.3, 0.4) is 0 Å². The number of hydrogen-bond donors (Lipinski definition) is 1. The van der Waals surface area contributed by atoms with Crippen molar-refractivity contribution < 1.29 is 0 Å². The first-order valence-electron chi connectivity index (χ1n) is 4.52. The zero-order chi connectivity index (χ0) is 9.97. The summed E-state index contributed by atoms with van der Waals surface area (Å²) in [7, 11) is 1.95. The number of hydrogen-bond acceptors (Lipinski definition) is 3. The Morgan fingerprint density at radius 1 is 1.57 bits per heavy atom. The summed E-state index contributed by atoms with van der Waals surface area (Å²) in [5.41, 5.74) is 1.17. The van der Waals surface area contributed by atoms with E-state index in [1.165, 1.54) is 10.6 Å². The molecule has 3 nitrogen and oxygen atoms in total. The first kappa shape index (κ1) is 9.27. The summed E-state index contributed by atoms with van der Waals surface area (Å²) in [4.78, 5) is 1.33. The van der Waals surface area contributed by atoms with Gasteiger partial charge in [0.05, 0.1) is 6.54 Å². The molecule has 0 aliphatic rings. The number of aromatic nitrogens is 2. The van der Waals surface area contributed by atoms with Crippen LogP contribution in [0.15, 0.2) is 23.6 Å². The largest absolute Gasteiger partial charge is 0.364 e. The smallest absolute Gasteiger partial charge is 0.148 e. The predicted molar refractivity (Wildman–Crippen MR) is 59.6 cm³/mol. The highest BCUT2D eigenvalue weighted by atomic mass is 32.1. The molecule has 0 amide bonds. The van der Waals surface area contributed by atoms with Crippen LogP contribution in [0.1, 0.15) is 10.6 Å². The van der Waals surface area contributed by atoms with E-state index in [4.69, 9.17) is 0 Å². The van der Waals surface area contributed by atoms with Crippen LogP contribution in [0.25, 0.3) is 0 Å². The maximum absolute atomic E-state index is 4.32. The second-order valence-electron chi connectivity index (χ2n) is 3.23. The van der Waals surface area contributed by atoms with Crippen molar-refractivity contribution in [3.05, 3.63) is 34.2 Å². The number of rotatable bonds is 3. The van der Waals surface area contributed by atoms with Gasteiger partial charge in [0.2, 0.25) is 0 Å². The van der Waals surface area contributed by atoms with Gasteiger partial charge in [0, 0.05) is 23.7 Å². The summed E-state index contributed by atoms with van der Waals surface area (Å²) in [6, 6.07) is 6.23. The molecule has 4 heteroatoms. The fraction of sp³-hybridized carbons (Fsp3) is 0.300. The molecule has 2 aromatic heterocycles. The molecule has 0 atom stereocenters. The molecule has 14 heavy (non-hydrogen) atoms. The van der Waals surface area contributed by atoms with Gasteiger partial charge < -0.3 is 5.32 Å². The molecule has 0 spiro atoms. The molecule has 74 valence electrons. The molecule has 2 rings (SSSR count). The molecule has 0 saturated heterocycles. The van der Waals surface area contributed by atoms with E-state index in [1.807, 2.05) is 24.7 Å². The highest BCUT2D eigenvalue weighted by molar-refractivity contribution is 7.09. The normalized spacial score (nSPS) is 10.4. The van der Waals surface area contributed by atoms with E-state index in [1.54, 1.807) is 11.3 Å². The Morgan fingerprint density at radius 3 is 3.00 bits per heavy atom. The molecule has 2 heterocycles. The average Bonchev–Trinajstić information content (AvgIpc) is 2.74. The lowest BCUT2D eigenvalue weighted by atomic mass is 10.4. The lowest BCUT2D eigenvalue weighted by molar-refractivity contribution is 0.741. The molecular weight excluding hydrogens is 194 g/mol. The number of anilines is 1. The van der Waals surface area contributed by atoms with Crippen molar-refractivity contribution >= 4 is 17.2 Å². The molecule has 0 aliphatic carbocycles. The van der Waals surface area contributed by atoms with Gasteiger partial charge in [-0.3, -0.25) is 4.68 Å². The Labute approximate surface area is 87.4 Å². The van der Waals surface area contributed by atoms with Gasteiger partial charge in [0.1, 0.15) is 5.82 Å². The lowest BCUT2D eigenvalue weighted by Crippen LogP contribution is -1.99. The van der Waals surface area contributed by atoms with Crippen LogP contribution < -0.4 is 5.32 Å². The monoisotopic (exact) mass is 207 g/mol. The average molecular weight is 207 g/mol. The zero-order valence-corrected chi connectivity index (χ0v) is 9.14. The maximum atomic E-state index is 4.32. The van der Waals surface area contributed by atoms with Gasteiger partial charge in [0.25, 0.3) is 0 Å². The highest BCUT2D eigenvalue weighted by Crippen LogP contribution is 2.12. The Hall–Kier alpha value is -1.29. The zero-order valence-electron chi connectivity index (χ0n) is 8.32. The molecule has 0 saturated carbocycles. The summed E-state index contributed by atoms with van der Waals surface area (Å²) >= 11 is 1.76. The van der Waals surface area contributed by atoms with E-state index >= 15 is 0 Å². The Morgan fingerprint density at radius 2 is 2.43 bits per heavy atom. The van der Waals surface area contributed by atoms with Crippen LogP contribution in [0.4, 0.5) is 5.82 Å². The molecule has 0 aromatic carbocycles. The Bertz CT molecular complexity index is 383. The van der Waals surface area contributed by atoms with Gasteiger partial charge in [0.15, 0.2) is 0 Å². The summed E-state index contributed by atoms with van der Waals surface area (Å²) in [6.07, 6.45) is 0. The van der Waals surface area contributed by atoms with Crippen molar-refractivity contribution in [1.82, 2.24) is 9.78 Å². The summed E-state index contributed by atoms with van der Waals surface area (Å²) < 4.78 is 1.87. The SMILES string of the molecule is Cc1cc(NCc2cccs2)nn1C. The van der Waals surface area contributed by atoms with E-state index in [-0.39, 0.29) is 0 Å². The molecule has 1 N–H and O–H groups in total. The van der Waals surface area contributed by atoms with Crippen molar-refractivity contribution in [2.24, 2.45) is 7.05 Å². The third kappa shape index (κ3) is 1.96. The molecule has 0 unspecified atom stereocenters. The van der Waals surface area contributed by atoms with Crippen molar-refractivity contribution in [3.63, 3.8) is 0 Å². The molecule has 0 fully saturated rings. The van der Waals surface area contributed by atoms with Crippen molar-refractivity contribution in [3.8, 4) is 0 Å². The molecule has 0 bridgehead atoms. The van der Waals surface area contributed by atoms with E-state index in [2.05, 4.69) is 27.9 Å². The third-order valence-corrected chi connectivity index (χ3v) is 3.01. The quantitative estimate of drug-likeness (QED) is 0.837. The topological polar surface area (TPSA) is 29.9 Å². The number of nitrogens with zero attached hydrogens (tertiary/aromatic N) is 2. The van der Waals surface area contributed by atoms with Gasteiger partial charge in [-0.05, 0) is 18.4 Å². The fourth-order valence-electron chi connectivity index (χ4n) is 1.24. The lowest BCUT2D eigenvalue weighted by Gasteiger charge is -1.98. The van der Waals surface area contributed by atoms with E-state index < -0.39 is 0 Å². The number of nitrogens with one attached hydrogen (secondary N) is 1. The van der Waals surface area contributed by atoms with Gasteiger partial charge >= 0.3 is 0 Å². The molecular formula is C10H13N3S. The summed E-state index contributed by atoms with van der Waals surface area (Å²) in [5, 5.41) is 9.69. The minimum Gasteiger partial charge on any atom is -0.364 e. The van der Waals surface area contributed by atoms with E-state index in [0.717, 1.165) is 12.4 Å². The van der Waals surface area contributed by atoms with Crippen LogP contribution in [0.2, 0.25) is 0 Å². The number of thiophene rings is 1. The van der Waals surface area contributed by atoms with Gasteiger partial charge in [-0.2, -0.15) is 5.10 Å². The summed E-state index contributed by atoms with van der Waals surface area (Å²) in [6.45, 7) is 2.90. The predicted octanol–water partition coefficient (Wildman–Crippen LogP) is 2.40. The van der Waals surface area contributed by atoms with Crippen LogP contribution >= 0.6 is 11.3 Å². The molecule has 0 aliphatic heterocycles. The van der Waals surface area contributed by atoms with Crippen LogP contribution in [0, 0.1) is 6.92 Å². The minimum atomic E-state index is 0.855. The Kier molecular flexibility index (Phi) is 2.54. The standard InChI is InChI=1S/C10H13N3S/c1-8-6-10(12-13(8)2)11-7-9-4-3-5-14-9/h3-6H,7H2,1-2H3,(H,11,12). The maximum Gasteiger partial charge on any atom is 0.148 e. The summed E-state index contributed by atoms with van der Waals surface area (Å²) in [5.74, 6) is 0.943. The van der Waals surface area contributed by atoms with Crippen molar-refractivity contribution in [2.45, 2.75) is 13.5 Å². The molecule has 2 aromatic rings. The van der Waals surface area contributed by atoms with Crippen molar-refractivity contribution in [1.29, 1.82) is 0 Å². The van der Waals surface area contributed by atoms with E-state index in [9.17, 15) is 0 Å². The molecule has 0 radical (unpaired) electrons. The Balaban J connectivity index is 1.98. The fourth-order valence-corrected chi connectivity index (χ4v) is 1.88. The second kappa shape index (κ2) is 3.84. The van der Waals surface area contributed by atoms with Crippen LogP contribution in [0.5, 0.6) is 0 Å². The van der Waals surface area contributed by atoms with Crippen LogP contribution in [-0.2, 0) is 13.6 Å². The van der Waals surface area contributed by atoms with Crippen LogP contribution in [-0.4, -0.2) is 9.78 Å². The van der Waals surface area contributed by atoms with Gasteiger partial charge in [-0.25, -0.2) is 0 Å². The highest BCUT2D eigenvalue weighted by Gasteiger charge is 2.00. The second-order valence-corrected chi connectivity index (χ2v) is 4.26. The van der Waals surface area contributed by atoms with Gasteiger partial charge in [-0.15, -0.1) is 11.3 Å². The first-order valence-corrected chi connectivity index (χ1v) is 5.40. The number of aryl methyl sites for hydroxylation is 2. The van der Waals surface area contributed by atoms with Gasteiger partial charge in [-0.1, -0.05) is 6.07 Å². The van der Waals surface area contributed by atoms with Crippen molar-refractivity contribution in [2.75, 3.05) is 5.32 Å². The minimum absolute atomic E-state index is 0.855. The third-order valence-electron chi connectivity index (χ3n) is 2.14.